The van der Waals surface area contributed by atoms with Crippen molar-refractivity contribution < 1.29 is 9.90 Å². The summed E-state index contributed by atoms with van der Waals surface area (Å²) < 4.78 is 1.66. The summed E-state index contributed by atoms with van der Waals surface area (Å²) in [5.74, 6) is -0.0732. The molecule has 1 N–H and O–H groups in total. The quantitative estimate of drug-likeness (QED) is 0.490. The van der Waals surface area contributed by atoms with E-state index < -0.39 is 17.3 Å². The molecule has 2 aromatic carbocycles. The third kappa shape index (κ3) is 5.16. The third-order valence-corrected chi connectivity index (χ3v) is 6.93. The molecule has 0 aliphatic carbocycles. The Morgan fingerprint density at radius 2 is 1.74 bits per heavy atom. The molecule has 1 unspecified atom stereocenters. The van der Waals surface area contributed by atoms with E-state index in [4.69, 9.17) is 0 Å². The molecule has 35 heavy (non-hydrogen) atoms. The van der Waals surface area contributed by atoms with Crippen LogP contribution in [0.4, 0.5) is 0 Å². The predicted molar refractivity (Wildman–Crippen MR) is 138 cm³/mol. The van der Waals surface area contributed by atoms with Crippen LogP contribution in [0.25, 0.3) is 0 Å². The molecule has 1 aliphatic heterocycles. The summed E-state index contributed by atoms with van der Waals surface area (Å²) in [5, 5.41) is 10.8. The fourth-order valence-electron chi connectivity index (χ4n) is 5.13. The fourth-order valence-corrected chi connectivity index (χ4v) is 5.13. The average Bonchev–Trinajstić information content (AvgIpc) is 3.36. The van der Waals surface area contributed by atoms with Crippen LogP contribution in [0, 0.1) is 5.92 Å². The molecule has 6 heteroatoms. The monoisotopic (exact) mass is 473 g/mol. The van der Waals surface area contributed by atoms with E-state index in [9.17, 15) is 14.7 Å². The number of likely N-dealkylation sites (tertiary alicyclic amines) is 1. The summed E-state index contributed by atoms with van der Waals surface area (Å²) in [6, 6.07) is 19.7. The number of carbonyl (C=O) groups is 1. The summed E-state index contributed by atoms with van der Waals surface area (Å²) >= 11 is 0. The van der Waals surface area contributed by atoms with Crippen LogP contribution in [0.15, 0.2) is 65.5 Å². The minimum atomic E-state index is -0.459. The molecule has 3 aromatic rings. The van der Waals surface area contributed by atoms with Crippen molar-refractivity contribution in [3.05, 3.63) is 93.5 Å². The standard InChI is InChI=1S/C29H35N3O3/c1-4-5-16-24-30-27(33)25(28(34)31-18-17-23(19-31)21-12-8-6-9-13-21)29(35)32(24)26(20(2)3)22-14-10-7-11-15-22/h6-15,20,23,26,33H,4-5,16-19H2,1-3H3/t23-,26?/m1/s1. The lowest BCUT2D eigenvalue weighted by atomic mass is 9.95. The van der Waals surface area contributed by atoms with Crippen molar-refractivity contribution in [2.75, 3.05) is 13.1 Å². The van der Waals surface area contributed by atoms with E-state index in [0.29, 0.717) is 25.3 Å². The van der Waals surface area contributed by atoms with Gasteiger partial charge in [-0.1, -0.05) is 87.9 Å². The Morgan fingerprint density at radius 3 is 2.37 bits per heavy atom. The van der Waals surface area contributed by atoms with Gasteiger partial charge in [-0.3, -0.25) is 14.2 Å². The van der Waals surface area contributed by atoms with Crippen LogP contribution in [0.3, 0.4) is 0 Å². The van der Waals surface area contributed by atoms with Gasteiger partial charge in [-0.25, -0.2) is 0 Å². The van der Waals surface area contributed by atoms with E-state index >= 15 is 0 Å². The van der Waals surface area contributed by atoms with Crippen LogP contribution in [-0.4, -0.2) is 38.6 Å². The van der Waals surface area contributed by atoms with Gasteiger partial charge in [0, 0.05) is 25.4 Å². The highest BCUT2D eigenvalue weighted by atomic mass is 16.3. The molecule has 0 saturated carbocycles. The van der Waals surface area contributed by atoms with Crippen LogP contribution in [-0.2, 0) is 6.42 Å². The summed E-state index contributed by atoms with van der Waals surface area (Å²) in [6.45, 7) is 7.26. The molecule has 2 atom stereocenters. The Balaban J connectivity index is 1.76. The fraction of sp³-hybridized carbons (Fsp3) is 0.414. The number of rotatable bonds is 8. The molecular weight excluding hydrogens is 438 g/mol. The van der Waals surface area contributed by atoms with Gasteiger partial charge in [0.15, 0.2) is 5.56 Å². The van der Waals surface area contributed by atoms with Gasteiger partial charge in [-0.05, 0) is 29.9 Å². The number of hydrogen-bond donors (Lipinski definition) is 1. The first-order valence-electron chi connectivity index (χ1n) is 12.7. The van der Waals surface area contributed by atoms with E-state index in [2.05, 4.69) is 37.9 Å². The lowest BCUT2D eigenvalue weighted by Crippen LogP contribution is -2.39. The number of aryl methyl sites for hydroxylation is 1. The molecule has 1 fully saturated rings. The zero-order chi connectivity index (χ0) is 24.9. The minimum absolute atomic E-state index is 0.0824. The van der Waals surface area contributed by atoms with E-state index in [1.165, 1.54) is 5.56 Å². The molecule has 0 radical (unpaired) electrons. The second-order valence-electron chi connectivity index (χ2n) is 9.75. The van der Waals surface area contributed by atoms with Crippen LogP contribution >= 0.6 is 0 Å². The van der Waals surface area contributed by atoms with Crippen molar-refractivity contribution in [1.82, 2.24) is 14.5 Å². The number of hydrogen-bond acceptors (Lipinski definition) is 4. The molecule has 184 valence electrons. The maximum Gasteiger partial charge on any atom is 0.270 e. The number of amides is 1. The maximum atomic E-state index is 14.0. The Hall–Kier alpha value is -3.41. The van der Waals surface area contributed by atoms with Crippen LogP contribution in [0.2, 0.25) is 0 Å². The topological polar surface area (TPSA) is 75.4 Å². The van der Waals surface area contributed by atoms with Crippen molar-refractivity contribution in [2.24, 2.45) is 5.92 Å². The van der Waals surface area contributed by atoms with Crippen LogP contribution in [0.1, 0.15) is 79.3 Å². The molecule has 1 saturated heterocycles. The first-order chi connectivity index (χ1) is 16.9. The summed E-state index contributed by atoms with van der Waals surface area (Å²) in [5.41, 5.74) is 1.49. The van der Waals surface area contributed by atoms with Crippen molar-refractivity contribution >= 4 is 5.91 Å². The molecule has 6 nitrogen and oxygen atoms in total. The lowest BCUT2D eigenvalue weighted by molar-refractivity contribution is 0.0783. The number of benzene rings is 2. The Bertz CT molecular complexity index is 1210. The normalized spacial score (nSPS) is 16.6. The van der Waals surface area contributed by atoms with Gasteiger partial charge >= 0.3 is 0 Å². The van der Waals surface area contributed by atoms with Crippen molar-refractivity contribution in [2.45, 2.75) is 58.4 Å². The van der Waals surface area contributed by atoms with Gasteiger partial charge in [-0.2, -0.15) is 4.98 Å². The molecule has 2 heterocycles. The van der Waals surface area contributed by atoms with Gasteiger partial charge < -0.3 is 10.0 Å². The molecular formula is C29H35N3O3. The first kappa shape index (κ1) is 24.7. The van der Waals surface area contributed by atoms with E-state index in [-0.39, 0.29) is 23.4 Å². The highest BCUT2D eigenvalue weighted by molar-refractivity contribution is 5.96. The van der Waals surface area contributed by atoms with Crippen molar-refractivity contribution in [3.8, 4) is 5.88 Å². The van der Waals surface area contributed by atoms with Gasteiger partial charge in [0.25, 0.3) is 11.5 Å². The molecule has 1 amide bonds. The minimum Gasteiger partial charge on any atom is -0.493 e. The molecule has 0 spiro atoms. The van der Waals surface area contributed by atoms with Gasteiger partial charge in [-0.15, -0.1) is 0 Å². The largest absolute Gasteiger partial charge is 0.493 e. The number of aromatic nitrogens is 2. The van der Waals surface area contributed by atoms with E-state index in [0.717, 1.165) is 24.8 Å². The SMILES string of the molecule is CCCCc1nc(O)c(C(=O)N2CC[C@@H](c3ccccc3)C2)c(=O)n1C(c1ccccc1)C(C)C. The second kappa shape index (κ2) is 10.9. The third-order valence-electron chi connectivity index (χ3n) is 6.93. The zero-order valence-corrected chi connectivity index (χ0v) is 20.9. The zero-order valence-electron chi connectivity index (χ0n) is 20.9. The van der Waals surface area contributed by atoms with Gasteiger partial charge in [0.05, 0.1) is 6.04 Å². The Labute approximate surface area is 207 Å². The molecule has 0 bridgehead atoms. The number of aromatic hydroxyl groups is 1. The molecule has 1 aromatic heterocycles. The van der Waals surface area contributed by atoms with Crippen molar-refractivity contribution in [3.63, 3.8) is 0 Å². The lowest BCUT2D eigenvalue weighted by Gasteiger charge is -2.28. The smallest absolute Gasteiger partial charge is 0.270 e. The van der Waals surface area contributed by atoms with E-state index in [1.54, 1.807) is 9.47 Å². The van der Waals surface area contributed by atoms with Crippen LogP contribution in [0.5, 0.6) is 5.88 Å². The highest BCUT2D eigenvalue weighted by Crippen LogP contribution is 2.31. The maximum absolute atomic E-state index is 14.0. The second-order valence-corrected chi connectivity index (χ2v) is 9.75. The van der Waals surface area contributed by atoms with E-state index in [1.807, 2.05) is 48.5 Å². The van der Waals surface area contributed by atoms with Crippen molar-refractivity contribution in [1.29, 1.82) is 0 Å². The van der Waals surface area contributed by atoms with Crippen LogP contribution < -0.4 is 5.56 Å². The summed E-state index contributed by atoms with van der Waals surface area (Å²) in [4.78, 5) is 33.7. The Morgan fingerprint density at radius 1 is 1.09 bits per heavy atom. The molecule has 1 aliphatic rings. The predicted octanol–water partition coefficient (Wildman–Crippen LogP) is 5.17. The van der Waals surface area contributed by atoms with Gasteiger partial charge in [0.1, 0.15) is 5.82 Å². The van der Waals surface area contributed by atoms with Gasteiger partial charge in [0.2, 0.25) is 5.88 Å². The average molecular weight is 474 g/mol. The number of unbranched alkanes of at least 4 members (excludes halogenated alkanes) is 1. The Kier molecular flexibility index (Phi) is 7.69. The summed E-state index contributed by atoms with van der Waals surface area (Å²) in [7, 11) is 0. The highest BCUT2D eigenvalue weighted by Gasteiger charge is 2.34. The number of carbonyl (C=O) groups excluding carboxylic acids is 1. The summed E-state index contributed by atoms with van der Waals surface area (Å²) in [6.07, 6.45) is 3.16. The number of nitrogens with zero attached hydrogens (tertiary/aromatic N) is 3. The first-order valence-corrected chi connectivity index (χ1v) is 12.7. The molecule has 4 rings (SSSR count).